The molecule has 0 saturated heterocycles. The highest BCUT2D eigenvalue weighted by Gasteiger charge is 2.29. The number of thiazole rings is 1. The first-order valence-corrected chi connectivity index (χ1v) is 11.1. The van der Waals surface area contributed by atoms with E-state index in [4.69, 9.17) is 14.5 Å². The number of hydrogen-bond acceptors (Lipinski definition) is 7. The van der Waals surface area contributed by atoms with Gasteiger partial charge in [-0.25, -0.2) is 9.97 Å². The third-order valence-corrected chi connectivity index (χ3v) is 6.89. The Labute approximate surface area is 184 Å². The van der Waals surface area contributed by atoms with Gasteiger partial charge in [-0.2, -0.15) is 0 Å². The fourth-order valence-electron chi connectivity index (χ4n) is 4.01. The summed E-state index contributed by atoms with van der Waals surface area (Å²) in [6.07, 6.45) is 3.47. The van der Waals surface area contributed by atoms with Crippen molar-refractivity contribution in [1.29, 1.82) is 0 Å². The Balaban J connectivity index is 1.55. The fraction of sp³-hybridized carbons (Fsp3) is 0.391. The van der Waals surface area contributed by atoms with Crippen LogP contribution in [0.15, 0.2) is 30.3 Å². The van der Waals surface area contributed by atoms with Crippen molar-refractivity contribution in [3.63, 3.8) is 0 Å². The summed E-state index contributed by atoms with van der Waals surface area (Å²) in [5.74, 6) is 0.481. The number of ether oxygens (including phenoxy) is 2. The molecule has 0 bridgehead atoms. The largest absolute Gasteiger partial charge is 0.494 e. The van der Waals surface area contributed by atoms with Gasteiger partial charge in [0.05, 0.1) is 41.0 Å². The lowest BCUT2D eigenvalue weighted by Crippen LogP contribution is -2.22. The van der Waals surface area contributed by atoms with Crippen molar-refractivity contribution < 1.29 is 19.1 Å². The van der Waals surface area contributed by atoms with Crippen LogP contribution in [0.2, 0.25) is 0 Å². The lowest BCUT2D eigenvalue weighted by Gasteiger charge is -2.25. The van der Waals surface area contributed by atoms with E-state index in [2.05, 4.69) is 10.3 Å². The lowest BCUT2D eigenvalue weighted by molar-refractivity contribution is -0.146. The van der Waals surface area contributed by atoms with E-state index >= 15 is 0 Å². The van der Waals surface area contributed by atoms with Crippen molar-refractivity contribution in [3.8, 4) is 5.75 Å². The molecule has 31 heavy (non-hydrogen) atoms. The van der Waals surface area contributed by atoms with Crippen molar-refractivity contribution in [2.24, 2.45) is 5.92 Å². The van der Waals surface area contributed by atoms with E-state index in [-0.39, 0.29) is 17.8 Å². The summed E-state index contributed by atoms with van der Waals surface area (Å²) in [6, 6.07) is 9.10. The molecule has 0 unspecified atom stereocenters. The second-order valence-corrected chi connectivity index (χ2v) is 8.82. The number of anilines is 1. The molecule has 1 aliphatic carbocycles. The van der Waals surface area contributed by atoms with Crippen LogP contribution in [0, 0.1) is 12.8 Å². The van der Waals surface area contributed by atoms with Crippen LogP contribution < -0.4 is 10.1 Å². The lowest BCUT2D eigenvalue weighted by atomic mass is 9.82. The molecule has 4 rings (SSSR count). The maximum Gasteiger partial charge on any atom is 0.308 e. The number of benzene rings is 1. The number of rotatable bonds is 5. The average molecular weight is 440 g/mol. The number of pyridine rings is 1. The number of aryl methyl sites for hydroxylation is 1. The molecular formula is C23H25N3O4S. The quantitative estimate of drug-likeness (QED) is 0.579. The van der Waals surface area contributed by atoms with Gasteiger partial charge in [-0.05, 0) is 50.8 Å². The minimum absolute atomic E-state index is 0.00669. The summed E-state index contributed by atoms with van der Waals surface area (Å²) >= 11 is 1.63. The van der Waals surface area contributed by atoms with Gasteiger partial charge >= 0.3 is 5.97 Å². The molecule has 1 amide bonds. The molecule has 0 atom stereocenters. The summed E-state index contributed by atoms with van der Waals surface area (Å²) < 4.78 is 11.4. The maximum atomic E-state index is 12.7. The molecule has 1 aromatic carbocycles. The zero-order valence-electron chi connectivity index (χ0n) is 17.8. The summed E-state index contributed by atoms with van der Waals surface area (Å²) in [5.41, 5.74) is 2.57. The highest BCUT2D eigenvalue weighted by atomic mass is 32.1. The molecule has 1 fully saturated rings. The van der Waals surface area contributed by atoms with Crippen LogP contribution in [0.25, 0.3) is 10.2 Å². The van der Waals surface area contributed by atoms with Crippen LogP contribution in [-0.2, 0) is 9.53 Å². The number of hydrogen-bond donors (Lipinski definition) is 1. The zero-order valence-corrected chi connectivity index (χ0v) is 18.6. The molecule has 7 nitrogen and oxygen atoms in total. The molecule has 1 saturated carbocycles. The number of carbonyl (C=O) groups is 2. The normalized spacial score (nSPS) is 18.5. The van der Waals surface area contributed by atoms with Gasteiger partial charge in [-0.1, -0.05) is 6.07 Å². The molecule has 162 valence electrons. The van der Waals surface area contributed by atoms with Gasteiger partial charge in [0.25, 0.3) is 5.91 Å². The van der Waals surface area contributed by atoms with Crippen molar-refractivity contribution in [2.45, 2.75) is 38.5 Å². The maximum absolute atomic E-state index is 12.7. The standard InChI is InChI=1S/C23H25N3O4S/c1-13-5-4-6-16(24-13)21(27)25-17-12-20-18(11-19(17)29-2)26-22(31-20)14-7-9-15(10-8-14)23(28)30-3/h4-6,11-12,14-15H,7-10H2,1-3H3,(H,25,27). The van der Waals surface area contributed by atoms with Gasteiger partial charge < -0.3 is 14.8 Å². The monoisotopic (exact) mass is 439 g/mol. The SMILES string of the molecule is COC(=O)C1CCC(c2nc3cc(OC)c(NC(=O)c4cccc(C)n4)cc3s2)CC1. The highest BCUT2D eigenvalue weighted by Crippen LogP contribution is 2.41. The van der Waals surface area contributed by atoms with Gasteiger partial charge in [0.15, 0.2) is 0 Å². The molecule has 2 aromatic heterocycles. The Morgan fingerprint density at radius 1 is 1.10 bits per heavy atom. The molecule has 0 aliphatic heterocycles. The number of nitrogens with zero attached hydrogens (tertiary/aromatic N) is 2. The molecular weight excluding hydrogens is 414 g/mol. The van der Waals surface area contributed by atoms with E-state index in [1.54, 1.807) is 24.5 Å². The first-order valence-electron chi connectivity index (χ1n) is 10.3. The van der Waals surface area contributed by atoms with Crippen molar-refractivity contribution in [2.75, 3.05) is 19.5 Å². The fourth-order valence-corrected chi connectivity index (χ4v) is 5.17. The molecule has 2 heterocycles. The predicted molar refractivity (Wildman–Crippen MR) is 120 cm³/mol. The zero-order chi connectivity index (χ0) is 22.0. The van der Waals surface area contributed by atoms with E-state index in [9.17, 15) is 9.59 Å². The first-order chi connectivity index (χ1) is 15.0. The van der Waals surface area contributed by atoms with Gasteiger partial charge in [-0.3, -0.25) is 9.59 Å². The molecule has 0 radical (unpaired) electrons. The third-order valence-electron chi connectivity index (χ3n) is 5.71. The number of esters is 1. The number of fused-ring (bicyclic) bond motifs is 1. The minimum Gasteiger partial charge on any atom is -0.494 e. The van der Waals surface area contributed by atoms with Crippen molar-refractivity contribution in [1.82, 2.24) is 9.97 Å². The number of aromatic nitrogens is 2. The van der Waals surface area contributed by atoms with Crippen LogP contribution in [0.1, 0.15) is 52.8 Å². The summed E-state index contributed by atoms with van der Waals surface area (Å²) in [4.78, 5) is 33.5. The van der Waals surface area contributed by atoms with Crippen molar-refractivity contribution >= 4 is 39.1 Å². The Hall–Kier alpha value is -3.00. The van der Waals surface area contributed by atoms with Gasteiger partial charge in [0.2, 0.25) is 0 Å². The van der Waals surface area contributed by atoms with Gasteiger partial charge in [0, 0.05) is 17.7 Å². The number of methoxy groups -OCH3 is 2. The average Bonchev–Trinajstić information content (AvgIpc) is 3.21. The summed E-state index contributed by atoms with van der Waals surface area (Å²) in [5, 5.41) is 3.97. The second kappa shape index (κ2) is 9.01. The van der Waals surface area contributed by atoms with E-state index in [1.807, 2.05) is 31.2 Å². The van der Waals surface area contributed by atoms with Gasteiger partial charge in [-0.15, -0.1) is 11.3 Å². The molecule has 3 aromatic rings. The van der Waals surface area contributed by atoms with Crippen LogP contribution in [-0.4, -0.2) is 36.1 Å². The molecule has 1 aliphatic rings. The molecule has 0 spiro atoms. The van der Waals surface area contributed by atoms with E-state index in [1.165, 1.54) is 7.11 Å². The molecule has 1 N–H and O–H groups in total. The van der Waals surface area contributed by atoms with E-state index in [0.29, 0.717) is 23.0 Å². The van der Waals surface area contributed by atoms with Crippen molar-refractivity contribution in [3.05, 3.63) is 46.7 Å². The predicted octanol–water partition coefficient (Wildman–Crippen LogP) is 4.71. The van der Waals surface area contributed by atoms with Crippen LogP contribution >= 0.6 is 11.3 Å². The summed E-state index contributed by atoms with van der Waals surface area (Å²) in [7, 11) is 3.02. The highest BCUT2D eigenvalue weighted by molar-refractivity contribution is 7.18. The van der Waals surface area contributed by atoms with E-state index in [0.717, 1.165) is 46.6 Å². The topological polar surface area (TPSA) is 90.4 Å². The minimum atomic E-state index is -0.285. The summed E-state index contributed by atoms with van der Waals surface area (Å²) in [6.45, 7) is 1.85. The van der Waals surface area contributed by atoms with E-state index < -0.39 is 0 Å². The smallest absolute Gasteiger partial charge is 0.308 e. The Morgan fingerprint density at radius 3 is 2.55 bits per heavy atom. The first kappa shape index (κ1) is 21.2. The number of amides is 1. The molecule has 8 heteroatoms. The third kappa shape index (κ3) is 4.54. The Bertz CT molecular complexity index is 1120. The Morgan fingerprint density at radius 2 is 1.87 bits per heavy atom. The second-order valence-electron chi connectivity index (χ2n) is 7.76. The van der Waals surface area contributed by atoms with Crippen LogP contribution in [0.5, 0.6) is 5.75 Å². The van der Waals surface area contributed by atoms with Gasteiger partial charge in [0.1, 0.15) is 11.4 Å². The Kier molecular flexibility index (Phi) is 6.18. The number of nitrogens with one attached hydrogen (secondary N) is 1. The van der Waals surface area contributed by atoms with Crippen LogP contribution in [0.4, 0.5) is 5.69 Å². The van der Waals surface area contributed by atoms with Crippen LogP contribution in [0.3, 0.4) is 0 Å². The number of carbonyl (C=O) groups excluding carboxylic acids is 2.